The van der Waals surface area contributed by atoms with Gasteiger partial charge in [-0.25, -0.2) is 14.8 Å². The van der Waals surface area contributed by atoms with Crippen molar-refractivity contribution in [2.45, 2.75) is 32.0 Å². The standard InChI is InChI=1S/C36H34Cl2N6O6/c1-50-34-22(17-39-13-15-45)8-10-29(42-34)28-7-3-6-27(33(28)38)26-5-2-4-25(32(26)37)21-12-14-44-30(16-21)40-18-23(35(44)47)19-43(36(48)49)20-24-9-11-31(46)41-24/h2-8,10,12,14,16,18,24,39,45H,9,11,13,15,17,19-20H2,1H3,(H,41,46)(H,48,49). The lowest BCUT2D eigenvalue weighted by atomic mass is 9.97. The highest BCUT2D eigenvalue weighted by molar-refractivity contribution is 6.39. The summed E-state index contributed by atoms with van der Waals surface area (Å²) in [5.74, 6) is 0.332. The number of carbonyl (C=O) groups is 2. The molecule has 1 unspecified atom stereocenters. The molecule has 0 radical (unpaired) electrons. The molecule has 3 aromatic heterocycles. The van der Waals surface area contributed by atoms with Crippen LogP contribution >= 0.6 is 23.2 Å². The summed E-state index contributed by atoms with van der Waals surface area (Å²) in [6.45, 7) is 0.869. The average Bonchev–Trinajstić information content (AvgIpc) is 3.53. The van der Waals surface area contributed by atoms with E-state index >= 15 is 0 Å². The van der Waals surface area contributed by atoms with Gasteiger partial charge in [0.2, 0.25) is 11.8 Å². The van der Waals surface area contributed by atoms with Crippen molar-refractivity contribution in [3.63, 3.8) is 0 Å². The molecule has 1 aliphatic heterocycles. The molecule has 1 aliphatic rings. The number of rotatable bonds is 12. The third-order valence-electron chi connectivity index (χ3n) is 8.55. The van der Waals surface area contributed by atoms with Crippen LogP contribution in [0.5, 0.6) is 5.88 Å². The van der Waals surface area contributed by atoms with Crippen LogP contribution in [0.25, 0.3) is 39.2 Å². The minimum Gasteiger partial charge on any atom is -0.481 e. The zero-order chi connectivity index (χ0) is 35.4. The zero-order valence-electron chi connectivity index (χ0n) is 27.0. The van der Waals surface area contributed by atoms with Crippen molar-refractivity contribution in [3.8, 4) is 39.4 Å². The first-order valence-electron chi connectivity index (χ1n) is 15.9. The molecule has 12 nitrogen and oxygen atoms in total. The fourth-order valence-electron chi connectivity index (χ4n) is 6.02. The molecule has 4 N–H and O–H groups in total. The van der Waals surface area contributed by atoms with Gasteiger partial charge in [0, 0.05) is 72.3 Å². The van der Waals surface area contributed by atoms with Crippen molar-refractivity contribution in [1.29, 1.82) is 0 Å². The Balaban J connectivity index is 1.28. The first-order chi connectivity index (χ1) is 24.2. The highest BCUT2D eigenvalue weighted by atomic mass is 35.5. The molecule has 1 fully saturated rings. The normalized spacial score (nSPS) is 14.2. The molecule has 4 heterocycles. The number of methoxy groups -OCH3 is 1. The summed E-state index contributed by atoms with van der Waals surface area (Å²) >= 11 is 14.1. The van der Waals surface area contributed by atoms with Gasteiger partial charge < -0.3 is 30.5 Å². The number of hydrogen-bond acceptors (Lipinski definition) is 8. The van der Waals surface area contributed by atoms with Gasteiger partial charge in [-0.15, -0.1) is 0 Å². The average molecular weight is 718 g/mol. The van der Waals surface area contributed by atoms with Crippen LogP contribution in [0.4, 0.5) is 4.79 Å². The van der Waals surface area contributed by atoms with Gasteiger partial charge in [-0.1, -0.05) is 65.7 Å². The van der Waals surface area contributed by atoms with Gasteiger partial charge in [0.05, 0.1) is 41.6 Å². The second-order valence-electron chi connectivity index (χ2n) is 11.8. The van der Waals surface area contributed by atoms with E-state index in [4.69, 9.17) is 38.0 Å². The quantitative estimate of drug-likeness (QED) is 0.127. The summed E-state index contributed by atoms with van der Waals surface area (Å²) in [5, 5.41) is 25.6. The van der Waals surface area contributed by atoms with Crippen LogP contribution in [0.1, 0.15) is 24.0 Å². The molecule has 5 aromatic rings. The lowest BCUT2D eigenvalue weighted by molar-refractivity contribution is -0.119. The van der Waals surface area contributed by atoms with Crippen LogP contribution < -0.4 is 20.9 Å². The fraction of sp³-hybridized carbons (Fsp3) is 0.250. The molecule has 6 rings (SSSR count). The van der Waals surface area contributed by atoms with E-state index in [9.17, 15) is 19.5 Å². The van der Waals surface area contributed by atoms with Crippen LogP contribution in [0.2, 0.25) is 10.0 Å². The third-order valence-corrected chi connectivity index (χ3v) is 9.36. The number of aliphatic hydroxyl groups excluding tert-OH is 1. The number of aromatic nitrogens is 3. The predicted octanol–water partition coefficient (Wildman–Crippen LogP) is 5.25. The molecule has 1 atom stereocenters. The van der Waals surface area contributed by atoms with E-state index in [0.29, 0.717) is 81.0 Å². The smallest absolute Gasteiger partial charge is 0.407 e. The Hall–Kier alpha value is -5.01. The number of hydrogen-bond donors (Lipinski definition) is 4. The number of aliphatic hydroxyl groups is 1. The van der Waals surface area contributed by atoms with Gasteiger partial charge in [0.15, 0.2) is 0 Å². The van der Waals surface area contributed by atoms with Crippen molar-refractivity contribution in [2.75, 3.05) is 26.8 Å². The van der Waals surface area contributed by atoms with E-state index in [1.807, 2.05) is 48.5 Å². The SMILES string of the molecule is COc1nc(-c2cccc(-c3cccc(-c4ccn5c(=O)c(CN(CC6CCC(=O)N6)C(=O)O)cnc5c4)c3Cl)c2Cl)ccc1CNCCO. The van der Waals surface area contributed by atoms with Gasteiger partial charge >= 0.3 is 6.09 Å². The van der Waals surface area contributed by atoms with E-state index < -0.39 is 11.7 Å². The Morgan fingerprint density at radius 2 is 1.76 bits per heavy atom. The second kappa shape index (κ2) is 15.3. The van der Waals surface area contributed by atoms with Crippen LogP contribution in [-0.2, 0) is 17.9 Å². The summed E-state index contributed by atoms with van der Waals surface area (Å²) < 4.78 is 6.90. The monoisotopic (exact) mass is 716 g/mol. The fourth-order valence-corrected chi connectivity index (χ4v) is 6.68. The molecule has 0 saturated carbocycles. The topological polar surface area (TPSA) is 158 Å². The first-order valence-corrected chi connectivity index (χ1v) is 16.6. The number of carboxylic acid groups (broad SMARTS) is 1. The summed E-state index contributed by atoms with van der Waals surface area (Å²) in [7, 11) is 1.55. The minimum absolute atomic E-state index is 0.0264. The molecular weight excluding hydrogens is 683 g/mol. The zero-order valence-corrected chi connectivity index (χ0v) is 28.5. The van der Waals surface area contributed by atoms with Gasteiger partial charge in [-0.2, -0.15) is 0 Å². The maximum Gasteiger partial charge on any atom is 0.407 e. The molecule has 1 saturated heterocycles. The highest BCUT2D eigenvalue weighted by Crippen LogP contribution is 2.42. The van der Waals surface area contributed by atoms with Crippen molar-refractivity contribution in [2.24, 2.45) is 0 Å². The van der Waals surface area contributed by atoms with Gasteiger partial charge in [0.25, 0.3) is 5.56 Å². The summed E-state index contributed by atoms with van der Waals surface area (Å²) in [5.41, 5.74) is 5.12. The van der Waals surface area contributed by atoms with E-state index in [1.54, 1.807) is 25.4 Å². The third kappa shape index (κ3) is 7.29. The lowest BCUT2D eigenvalue weighted by Gasteiger charge is -2.22. The second-order valence-corrected chi connectivity index (χ2v) is 12.6. The molecule has 0 aliphatic carbocycles. The Morgan fingerprint density at radius 1 is 1.04 bits per heavy atom. The van der Waals surface area contributed by atoms with E-state index in [0.717, 1.165) is 10.5 Å². The highest BCUT2D eigenvalue weighted by Gasteiger charge is 2.26. The Bertz CT molecular complexity index is 2140. The van der Waals surface area contributed by atoms with E-state index in [1.165, 1.54) is 10.6 Å². The predicted molar refractivity (Wildman–Crippen MR) is 191 cm³/mol. The molecule has 258 valence electrons. The number of halogens is 2. The van der Waals surface area contributed by atoms with Crippen molar-refractivity contribution >= 4 is 40.8 Å². The number of fused-ring (bicyclic) bond motifs is 1. The minimum atomic E-state index is -1.19. The summed E-state index contributed by atoms with van der Waals surface area (Å²) in [6, 6.07) is 18.2. The van der Waals surface area contributed by atoms with Crippen LogP contribution in [0.15, 0.2) is 77.9 Å². The Labute approximate surface area is 297 Å². The number of ether oxygens (including phenoxy) is 1. The molecule has 14 heteroatoms. The van der Waals surface area contributed by atoms with E-state index in [2.05, 4.69) is 15.6 Å². The number of nitrogens with zero attached hydrogens (tertiary/aromatic N) is 4. The molecule has 2 aromatic carbocycles. The summed E-state index contributed by atoms with van der Waals surface area (Å²) in [6.07, 6.45) is 2.66. The van der Waals surface area contributed by atoms with E-state index in [-0.39, 0.29) is 37.2 Å². The van der Waals surface area contributed by atoms with Crippen LogP contribution in [-0.4, -0.2) is 74.3 Å². The Kier molecular flexibility index (Phi) is 10.6. The number of nitrogens with one attached hydrogen (secondary N) is 2. The van der Waals surface area contributed by atoms with Crippen molar-refractivity contribution in [3.05, 3.63) is 105 Å². The number of benzene rings is 2. The maximum absolute atomic E-state index is 13.4. The number of carbonyl (C=O) groups excluding carboxylic acids is 1. The molecule has 0 bridgehead atoms. The summed E-state index contributed by atoms with van der Waals surface area (Å²) in [4.78, 5) is 47.2. The Morgan fingerprint density at radius 3 is 2.44 bits per heavy atom. The first kappa shape index (κ1) is 34.8. The molecule has 2 amide bonds. The molecule has 0 spiro atoms. The molecular formula is C36H34Cl2N6O6. The lowest BCUT2D eigenvalue weighted by Crippen LogP contribution is -2.42. The number of amides is 2. The van der Waals surface area contributed by atoms with Gasteiger partial charge in [-0.05, 0) is 30.2 Å². The van der Waals surface area contributed by atoms with Crippen LogP contribution in [0.3, 0.4) is 0 Å². The van der Waals surface area contributed by atoms with Crippen molar-refractivity contribution in [1.82, 2.24) is 29.9 Å². The molecule has 50 heavy (non-hydrogen) atoms. The number of pyridine rings is 2. The van der Waals surface area contributed by atoms with Gasteiger partial charge in [0.1, 0.15) is 5.65 Å². The maximum atomic E-state index is 13.4. The van der Waals surface area contributed by atoms with Crippen LogP contribution in [0, 0.1) is 0 Å². The van der Waals surface area contributed by atoms with Gasteiger partial charge in [-0.3, -0.25) is 14.0 Å². The largest absolute Gasteiger partial charge is 0.481 e. The van der Waals surface area contributed by atoms with Crippen molar-refractivity contribution < 1.29 is 24.5 Å².